The quantitative estimate of drug-likeness (QED) is 0.445. The lowest BCUT2D eigenvalue weighted by molar-refractivity contribution is 0.469. The Morgan fingerprint density at radius 1 is 1.22 bits per heavy atom. The van der Waals surface area contributed by atoms with Gasteiger partial charge in [0.05, 0.1) is 6.26 Å². The topological polar surface area (TPSA) is 20.2 Å². The zero-order valence-corrected chi connectivity index (χ0v) is 6.14. The highest BCUT2D eigenvalue weighted by atomic mass is 16.2. The smallest absolute Gasteiger partial charge is 0.0751 e. The summed E-state index contributed by atoms with van der Waals surface area (Å²) in [7, 11) is 0. The van der Waals surface area contributed by atoms with Crippen molar-refractivity contribution >= 4 is 0 Å². The third-order valence-electron chi connectivity index (χ3n) is 1.33. The normalized spacial score (nSPS) is 10.8. The van der Waals surface area contributed by atoms with E-state index in [2.05, 4.69) is 6.92 Å². The second-order valence-electron chi connectivity index (χ2n) is 2.23. The molecule has 9 heavy (non-hydrogen) atoms. The molecule has 0 bridgehead atoms. The third kappa shape index (κ3) is 7.54. The van der Waals surface area contributed by atoms with E-state index in [1.807, 2.05) is 0 Å². The van der Waals surface area contributed by atoms with Crippen molar-refractivity contribution in [2.75, 3.05) is 0 Å². The fraction of sp³-hybridized carbons (Fsp3) is 0.750. The molecule has 1 N–H and O–H groups in total. The van der Waals surface area contributed by atoms with E-state index in [9.17, 15) is 0 Å². The summed E-state index contributed by atoms with van der Waals surface area (Å²) in [6, 6.07) is 0. The summed E-state index contributed by atoms with van der Waals surface area (Å²) in [6.07, 6.45) is 9.06. The summed E-state index contributed by atoms with van der Waals surface area (Å²) in [4.78, 5) is 0. The van der Waals surface area contributed by atoms with Crippen LogP contribution in [-0.2, 0) is 0 Å². The Morgan fingerprint density at radius 3 is 2.56 bits per heavy atom. The first kappa shape index (κ1) is 8.54. The Hall–Kier alpha value is -0.460. The molecule has 54 valence electrons. The number of hydrogen-bond acceptors (Lipinski definition) is 1. The van der Waals surface area contributed by atoms with Crippen molar-refractivity contribution in [1.82, 2.24) is 0 Å². The summed E-state index contributed by atoms with van der Waals surface area (Å²) in [5.74, 6) is 0. The van der Waals surface area contributed by atoms with Crippen molar-refractivity contribution in [3.05, 3.63) is 12.3 Å². The molecule has 0 saturated heterocycles. The Labute approximate surface area is 57.4 Å². The third-order valence-corrected chi connectivity index (χ3v) is 1.33. The molecule has 1 nitrogen and oxygen atoms in total. The maximum atomic E-state index is 8.24. The zero-order valence-electron chi connectivity index (χ0n) is 6.14. The molecule has 0 aliphatic heterocycles. The average Bonchev–Trinajstić information content (AvgIpc) is 1.89. The number of unbranched alkanes of at least 4 members (excludes halogenated alkanes) is 4. The number of aliphatic hydroxyl groups excluding tert-OH is 1. The van der Waals surface area contributed by atoms with Gasteiger partial charge in [-0.25, -0.2) is 0 Å². The molecule has 0 saturated carbocycles. The van der Waals surface area contributed by atoms with Crippen LogP contribution < -0.4 is 0 Å². The molecular formula is C8H16O. The molecule has 0 unspecified atom stereocenters. The monoisotopic (exact) mass is 128 g/mol. The van der Waals surface area contributed by atoms with Crippen molar-refractivity contribution in [2.45, 2.75) is 39.0 Å². The number of hydrogen-bond donors (Lipinski definition) is 1. The first-order valence-corrected chi connectivity index (χ1v) is 3.71. The minimum absolute atomic E-state index is 1.02. The molecule has 0 fully saturated rings. The van der Waals surface area contributed by atoms with Gasteiger partial charge in [0, 0.05) is 0 Å². The van der Waals surface area contributed by atoms with Crippen LogP contribution in [0.15, 0.2) is 12.3 Å². The Bertz CT molecular complexity index is 67.0. The van der Waals surface area contributed by atoms with Crippen LogP contribution in [0.1, 0.15) is 39.0 Å². The largest absolute Gasteiger partial charge is 0.516 e. The van der Waals surface area contributed by atoms with Crippen LogP contribution in [-0.4, -0.2) is 5.11 Å². The highest BCUT2D eigenvalue weighted by molar-refractivity contribution is 4.70. The van der Waals surface area contributed by atoms with Gasteiger partial charge in [0.2, 0.25) is 0 Å². The molecule has 1 heteroatoms. The molecule has 0 aliphatic carbocycles. The van der Waals surface area contributed by atoms with E-state index in [4.69, 9.17) is 5.11 Å². The van der Waals surface area contributed by atoms with Crippen molar-refractivity contribution in [3.8, 4) is 0 Å². The molecule has 0 spiro atoms. The molecule has 0 radical (unpaired) electrons. The van der Waals surface area contributed by atoms with E-state index in [0.29, 0.717) is 0 Å². The van der Waals surface area contributed by atoms with Gasteiger partial charge in [-0.1, -0.05) is 32.3 Å². The molecule has 0 rings (SSSR count). The lowest BCUT2D eigenvalue weighted by Gasteiger charge is -1.92. The van der Waals surface area contributed by atoms with Crippen molar-refractivity contribution < 1.29 is 5.11 Å². The first-order chi connectivity index (χ1) is 4.41. The fourth-order valence-corrected chi connectivity index (χ4v) is 0.764. The summed E-state index contributed by atoms with van der Waals surface area (Å²) in [5, 5.41) is 8.24. The van der Waals surface area contributed by atoms with Gasteiger partial charge >= 0.3 is 0 Å². The van der Waals surface area contributed by atoms with E-state index in [1.165, 1.54) is 25.7 Å². The lowest BCUT2D eigenvalue weighted by Crippen LogP contribution is -1.72. The second-order valence-corrected chi connectivity index (χ2v) is 2.23. The molecule has 0 heterocycles. The number of rotatable bonds is 5. The average molecular weight is 128 g/mol. The van der Waals surface area contributed by atoms with E-state index >= 15 is 0 Å². The predicted molar refractivity (Wildman–Crippen MR) is 40.5 cm³/mol. The summed E-state index contributed by atoms with van der Waals surface area (Å²) >= 11 is 0. The standard InChI is InChI=1S/C8H16O/c1-2-3-4-5-6-7-8-9/h7-9H,2-6H2,1H3. The number of aliphatic hydroxyl groups is 1. The maximum absolute atomic E-state index is 8.24. The predicted octanol–water partition coefficient (Wildman–Crippen LogP) is 3.03. The molecular weight excluding hydrogens is 112 g/mol. The van der Waals surface area contributed by atoms with Crippen LogP contribution in [0.2, 0.25) is 0 Å². The lowest BCUT2D eigenvalue weighted by atomic mass is 10.2. The van der Waals surface area contributed by atoms with E-state index < -0.39 is 0 Å². The highest BCUT2D eigenvalue weighted by Crippen LogP contribution is 2.01. The van der Waals surface area contributed by atoms with Crippen LogP contribution in [0.3, 0.4) is 0 Å². The molecule has 0 aliphatic rings. The highest BCUT2D eigenvalue weighted by Gasteiger charge is 1.82. The molecule has 0 aromatic heterocycles. The second kappa shape index (κ2) is 7.54. The number of allylic oxidation sites excluding steroid dienone is 1. The molecule has 0 aromatic rings. The SMILES string of the molecule is CCCCCCC=CO. The first-order valence-electron chi connectivity index (χ1n) is 3.71. The van der Waals surface area contributed by atoms with Gasteiger partial charge in [0.1, 0.15) is 0 Å². The summed E-state index contributed by atoms with van der Waals surface area (Å²) in [5.41, 5.74) is 0. The van der Waals surface area contributed by atoms with Crippen molar-refractivity contribution in [1.29, 1.82) is 0 Å². The van der Waals surface area contributed by atoms with E-state index in [-0.39, 0.29) is 0 Å². The molecule has 0 atom stereocenters. The van der Waals surface area contributed by atoms with E-state index in [0.717, 1.165) is 12.7 Å². The molecule has 0 aromatic carbocycles. The van der Waals surface area contributed by atoms with Gasteiger partial charge in [-0.15, -0.1) is 0 Å². The Balaban J connectivity index is 2.75. The van der Waals surface area contributed by atoms with Crippen LogP contribution in [0.5, 0.6) is 0 Å². The van der Waals surface area contributed by atoms with Gasteiger partial charge in [-0.3, -0.25) is 0 Å². The van der Waals surface area contributed by atoms with Gasteiger partial charge in [0.15, 0.2) is 0 Å². The Morgan fingerprint density at radius 2 is 2.00 bits per heavy atom. The van der Waals surface area contributed by atoms with E-state index in [1.54, 1.807) is 6.08 Å². The van der Waals surface area contributed by atoms with Gasteiger partial charge in [-0.05, 0) is 12.8 Å². The maximum Gasteiger partial charge on any atom is 0.0751 e. The van der Waals surface area contributed by atoms with Crippen LogP contribution in [0, 0.1) is 0 Å². The van der Waals surface area contributed by atoms with Crippen LogP contribution in [0.4, 0.5) is 0 Å². The van der Waals surface area contributed by atoms with Crippen LogP contribution >= 0.6 is 0 Å². The zero-order chi connectivity index (χ0) is 6.95. The Kier molecular flexibility index (Phi) is 7.15. The van der Waals surface area contributed by atoms with Crippen molar-refractivity contribution in [3.63, 3.8) is 0 Å². The van der Waals surface area contributed by atoms with Gasteiger partial charge in [0.25, 0.3) is 0 Å². The van der Waals surface area contributed by atoms with Crippen LogP contribution in [0.25, 0.3) is 0 Å². The van der Waals surface area contributed by atoms with Gasteiger partial charge in [-0.2, -0.15) is 0 Å². The summed E-state index contributed by atoms with van der Waals surface area (Å²) < 4.78 is 0. The summed E-state index contributed by atoms with van der Waals surface area (Å²) in [6.45, 7) is 2.20. The van der Waals surface area contributed by atoms with Crippen molar-refractivity contribution in [2.24, 2.45) is 0 Å². The fourth-order valence-electron chi connectivity index (χ4n) is 0.764. The molecule has 0 amide bonds. The van der Waals surface area contributed by atoms with Gasteiger partial charge < -0.3 is 5.11 Å². The minimum Gasteiger partial charge on any atom is -0.516 e. The minimum atomic E-state index is 1.02.